The molecule has 0 radical (unpaired) electrons. The van der Waals surface area contributed by atoms with Crippen molar-refractivity contribution in [3.8, 4) is 5.75 Å². The van der Waals surface area contributed by atoms with Gasteiger partial charge in [-0.15, -0.1) is 13.2 Å². The molecule has 1 aromatic heterocycles. The van der Waals surface area contributed by atoms with Crippen molar-refractivity contribution >= 4 is 5.91 Å². The SMILES string of the molecule is Cc1[nH]ncc1CNC(=O)CCc1ccccc1OC(F)(F)F. The van der Waals surface area contributed by atoms with Crippen LogP contribution in [0, 0.1) is 6.92 Å². The predicted octanol–water partition coefficient (Wildman–Crippen LogP) is 2.87. The standard InChI is InChI=1S/C15H16F3N3O2/c1-10-12(9-20-21-10)8-19-14(22)7-6-11-4-2-3-5-13(11)23-15(16,17)18/h2-5,9H,6-8H2,1H3,(H,19,22)(H,20,21). The summed E-state index contributed by atoms with van der Waals surface area (Å²) < 4.78 is 40.9. The molecule has 0 aliphatic rings. The van der Waals surface area contributed by atoms with Gasteiger partial charge in [-0.25, -0.2) is 0 Å². The van der Waals surface area contributed by atoms with E-state index < -0.39 is 6.36 Å². The highest BCUT2D eigenvalue weighted by Crippen LogP contribution is 2.26. The van der Waals surface area contributed by atoms with Gasteiger partial charge < -0.3 is 10.1 Å². The fourth-order valence-corrected chi connectivity index (χ4v) is 2.02. The van der Waals surface area contributed by atoms with Crippen LogP contribution in [-0.2, 0) is 17.8 Å². The summed E-state index contributed by atoms with van der Waals surface area (Å²) in [6.45, 7) is 2.15. The van der Waals surface area contributed by atoms with E-state index in [0.717, 1.165) is 11.3 Å². The molecule has 0 bridgehead atoms. The number of nitrogens with one attached hydrogen (secondary N) is 2. The van der Waals surface area contributed by atoms with E-state index in [-0.39, 0.29) is 24.5 Å². The molecule has 0 fully saturated rings. The van der Waals surface area contributed by atoms with E-state index in [1.54, 1.807) is 12.3 Å². The lowest BCUT2D eigenvalue weighted by molar-refractivity contribution is -0.274. The van der Waals surface area contributed by atoms with Crippen molar-refractivity contribution in [2.45, 2.75) is 32.7 Å². The first-order chi connectivity index (χ1) is 10.8. The van der Waals surface area contributed by atoms with Crippen LogP contribution < -0.4 is 10.1 Å². The van der Waals surface area contributed by atoms with Crippen molar-refractivity contribution in [2.24, 2.45) is 0 Å². The maximum atomic E-state index is 12.3. The molecule has 1 aromatic carbocycles. The minimum Gasteiger partial charge on any atom is -0.406 e. The molecular weight excluding hydrogens is 311 g/mol. The van der Waals surface area contributed by atoms with Crippen LogP contribution in [0.4, 0.5) is 13.2 Å². The van der Waals surface area contributed by atoms with Crippen LogP contribution in [-0.4, -0.2) is 22.5 Å². The highest BCUT2D eigenvalue weighted by atomic mass is 19.4. The number of H-pyrrole nitrogens is 1. The zero-order valence-electron chi connectivity index (χ0n) is 12.4. The zero-order chi connectivity index (χ0) is 16.9. The highest BCUT2D eigenvalue weighted by Gasteiger charge is 2.31. The lowest BCUT2D eigenvalue weighted by Crippen LogP contribution is -2.23. The van der Waals surface area contributed by atoms with Crippen molar-refractivity contribution in [2.75, 3.05) is 0 Å². The van der Waals surface area contributed by atoms with Crippen LogP contribution in [0.2, 0.25) is 0 Å². The molecule has 0 atom stereocenters. The summed E-state index contributed by atoms with van der Waals surface area (Å²) in [5.41, 5.74) is 2.05. The number of benzene rings is 1. The van der Waals surface area contributed by atoms with Gasteiger partial charge in [-0.3, -0.25) is 9.89 Å². The van der Waals surface area contributed by atoms with Gasteiger partial charge in [0.15, 0.2) is 0 Å². The second-order valence-corrected chi connectivity index (χ2v) is 4.95. The number of carbonyl (C=O) groups is 1. The Morgan fingerprint density at radius 3 is 2.70 bits per heavy atom. The molecule has 23 heavy (non-hydrogen) atoms. The van der Waals surface area contributed by atoms with Crippen LogP contribution in [0.15, 0.2) is 30.5 Å². The van der Waals surface area contributed by atoms with Crippen LogP contribution >= 0.6 is 0 Å². The minimum atomic E-state index is -4.75. The number of aromatic amines is 1. The number of halogens is 3. The van der Waals surface area contributed by atoms with Crippen LogP contribution in [0.25, 0.3) is 0 Å². The average Bonchev–Trinajstić information content (AvgIpc) is 2.88. The molecule has 0 saturated heterocycles. The number of hydrogen-bond donors (Lipinski definition) is 2. The number of para-hydroxylation sites is 1. The fourth-order valence-electron chi connectivity index (χ4n) is 2.02. The Morgan fingerprint density at radius 1 is 1.30 bits per heavy atom. The monoisotopic (exact) mass is 327 g/mol. The third-order valence-corrected chi connectivity index (χ3v) is 3.23. The molecule has 8 heteroatoms. The molecule has 0 aliphatic carbocycles. The van der Waals surface area contributed by atoms with Crippen molar-refractivity contribution in [3.05, 3.63) is 47.3 Å². The topological polar surface area (TPSA) is 67.0 Å². The summed E-state index contributed by atoms with van der Waals surface area (Å²) in [6, 6.07) is 5.79. The van der Waals surface area contributed by atoms with Gasteiger partial charge in [0.25, 0.3) is 0 Å². The average molecular weight is 327 g/mol. The summed E-state index contributed by atoms with van der Waals surface area (Å²) in [6.07, 6.45) is -2.92. The lowest BCUT2D eigenvalue weighted by Gasteiger charge is -2.13. The van der Waals surface area contributed by atoms with Crippen molar-refractivity contribution in [3.63, 3.8) is 0 Å². The van der Waals surface area contributed by atoms with E-state index in [4.69, 9.17) is 0 Å². The second-order valence-electron chi connectivity index (χ2n) is 4.95. The summed E-state index contributed by atoms with van der Waals surface area (Å²) in [7, 11) is 0. The minimum absolute atomic E-state index is 0.0646. The van der Waals surface area contributed by atoms with Gasteiger partial charge >= 0.3 is 6.36 Å². The number of hydrogen-bond acceptors (Lipinski definition) is 3. The number of ether oxygens (including phenoxy) is 1. The largest absolute Gasteiger partial charge is 0.573 e. The first-order valence-corrected chi connectivity index (χ1v) is 6.94. The Kier molecular flexibility index (Phi) is 5.25. The van der Waals surface area contributed by atoms with Gasteiger partial charge in [-0.1, -0.05) is 18.2 Å². The third-order valence-electron chi connectivity index (χ3n) is 3.23. The van der Waals surface area contributed by atoms with Gasteiger partial charge in [-0.2, -0.15) is 5.10 Å². The number of carbonyl (C=O) groups excluding carboxylic acids is 1. The number of aromatic nitrogens is 2. The second kappa shape index (κ2) is 7.17. The quantitative estimate of drug-likeness (QED) is 0.857. The van der Waals surface area contributed by atoms with E-state index in [1.807, 2.05) is 6.92 Å². The number of nitrogens with zero attached hydrogens (tertiary/aromatic N) is 1. The molecule has 5 nitrogen and oxygen atoms in total. The van der Waals surface area contributed by atoms with Crippen LogP contribution in [0.3, 0.4) is 0 Å². The number of amides is 1. The molecule has 1 heterocycles. The van der Waals surface area contributed by atoms with Gasteiger partial charge in [0, 0.05) is 24.2 Å². The Hall–Kier alpha value is -2.51. The van der Waals surface area contributed by atoms with E-state index in [9.17, 15) is 18.0 Å². The van der Waals surface area contributed by atoms with E-state index in [0.29, 0.717) is 12.1 Å². The third kappa shape index (κ3) is 5.32. The molecule has 0 aliphatic heterocycles. The first kappa shape index (κ1) is 16.9. The molecule has 2 N–H and O–H groups in total. The van der Waals surface area contributed by atoms with Crippen molar-refractivity contribution in [1.29, 1.82) is 0 Å². The van der Waals surface area contributed by atoms with Gasteiger partial charge in [0.05, 0.1) is 6.20 Å². The molecule has 0 spiro atoms. The summed E-state index contributed by atoms with van der Waals surface area (Å²) in [4.78, 5) is 11.8. The maximum absolute atomic E-state index is 12.3. The highest BCUT2D eigenvalue weighted by molar-refractivity contribution is 5.76. The Labute approximate surface area is 130 Å². The molecule has 0 unspecified atom stereocenters. The Morgan fingerprint density at radius 2 is 2.04 bits per heavy atom. The van der Waals surface area contributed by atoms with Gasteiger partial charge in [0.2, 0.25) is 5.91 Å². The number of alkyl halides is 3. The van der Waals surface area contributed by atoms with Crippen molar-refractivity contribution < 1.29 is 22.7 Å². The van der Waals surface area contributed by atoms with E-state index in [2.05, 4.69) is 20.3 Å². The van der Waals surface area contributed by atoms with Crippen molar-refractivity contribution in [1.82, 2.24) is 15.5 Å². The van der Waals surface area contributed by atoms with Crippen LogP contribution in [0.1, 0.15) is 23.2 Å². The number of rotatable bonds is 6. The lowest BCUT2D eigenvalue weighted by atomic mass is 10.1. The molecule has 124 valence electrons. The molecule has 0 saturated carbocycles. The Balaban J connectivity index is 1.88. The fraction of sp³-hybridized carbons (Fsp3) is 0.333. The first-order valence-electron chi connectivity index (χ1n) is 6.94. The van der Waals surface area contributed by atoms with Gasteiger partial charge in [-0.05, 0) is 25.0 Å². The Bertz CT molecular complexity index is 668. The van der Waals surface area contributed by atoms with E-state index >= 15 is 0 Å². The summed E-state index contributed by atoms with van der Waals surface area (Å²) in [5.74, 6) is -0.536. The number of aryl methyl sites for hydroxylation is 2. The normalized spacial score (nSPS) is 11.3. The van der Waals surface area contributed by atoms with Crippen LogP contribution in [0.5, 0.6) is 5.75 Å². The zero-order valence-corrected chi connectivity index (χ0v) is 12.4. The van der Waals surface area contributed by atoms with Gasteiger partial charge in [0.1, 0.15) is 5.75 Å². The predicted molar refractivity (Wildman–Crippen MR) is 76.6 cm³/mol. The summed E-state index contributed by atoms with van der Waals surface area (Å²) >= 11 is 0. The van der Waals surface area contributed by atoms with E-state index in [1.165, 1.54) is 18.2 Å². The summed E-state index contributed by atoms with van der Waals surface area (Å²) in [5, 5.41) is 9.30. The smallest absolute Gasteiger partial charge is 0.406 e. The molecule has 2 aromatic rings. The molecule has 2 rings (SSSR count). The molecular formula is C15H16F3N3O2. The molecule has 1 amide bonds. The maximum Gasteiger partial charge on any atom is 0.573 e.